The Morgan fingerprint density at radius 1 is 0.800 bits per heavy atom. The summed E-state index contributed by atoms with van der Waals surface area (Å²) in [4.78, 5) is 0. The molecule has 1 aliphatic rings. The van der Waals surface area contributed by atoms with Gasteiger partial charge in [0.05, 0.1) is 10.8 Å². The lowest BCUT2D eigenvalue weighted by Gasteiger charge is -2.38. The van der Waals surface area contributed by atoms with Crippen LogP contribution in [0.2, 0.25) is 0 Å². The van der Waals surface area contributed by atoms with Gasteiger partial charge < -0.3 is 17.2 Å². The van der Waals surface area contributed by atoms with Crippen molar-refractivity contribution in [3.05, 3.63) is 47.5 Å². The van der Waals surface area contributed by atoms with Gasteiger partial charge in [0.15, 0.2) is 0 Å². The quantitative estimate of drug-likeness (QED) is 0.206. The highest BCUT2D eigenvalue weighted by Crippen LogP contribution is 2.57. The van der Waals surface area contributed by atoms with E-state index in [0.717, 1.165) is 6.92 Å². The molecule has 1 aliphatic carbocycles. The van der Waals surface area contributed by atoms with E-state index in [4.69, 9.17) is 17.2 Å². The van der Waals surface area contributed by atoms with Gasteiger partial charge in [0.25, 0.3) is 0 Å². The van der Waals surface area contributed by atoms with Crippen LogP contribution < -0.4 is 17.2 Å². The van der Waals surface area contributed by atoms with E-state index >= 15 is 0 Å². The number of halogens is 6. The van der Waals surface area contributed by atoms with Crippen LogP contribution in [0.1, 0.15) is 44.7 Å². The molecule has 0 bridgehead atoms. The number of hydrogen-bond donors (Lipinski definition) is 3. The zero-order valence-corrected chi connectivity index (χ0v) is 19.7. The maximum Gasteiger partial charge on any atom is 0.398 e. The molecule has 190 valence electrons. The molecule has 3 nitrogen and oxygen atoms in total. The van der Waals surface area contributed by atoms with Gasteiger partial charge in [-0.05, 0) is 79.1 Å². The minimum Gasteiger partial charge on any atom is -0.398 e. The summed E-state index contributed by atoms with van der Waals surface area (Å²) in [6, 6.07) is 8.94. The highest BCUT2D eigenvalue weighted by Gasteiger charge is 2.61. The van der Waals surface area contributed by atoms with Crippen LogP contribution in [0.3, 0.4) is 0 Å². The van der Waals surface area contributed by atoms with Gasteiger partial charge >= 0.3 is 12.4 Å². The third-order valence-corrected chi connectivity index (χ3v) is 8.27. The minimum atomic E-state index is -4.60. The molecule has 0 amide bonds. The van der Waals surface area contributed by atoms with Gasteiger partial charge in [0.2, 0.25) is 0 Å². The van der Waals surface area contributed by atoms with Crippen LogP contribution in [-0.4, -0.2) is 18.9 Å². The van der Waals surface area contributed by atoms with Crippen LogP contribution in [0.15, 0.2) is 36.4 Å². The molecule has 4 rings (SSSR count). The first-order valence-corrected chi connectivity index (χ1v) is 11.5. The number of hydrogen-bond acceptors (Lipinski definition) is 3. The summed E-state index contributed by atoms with van der Waals surface area (Å²) in [7, 11) is 0. The third-order valence-electron chi connectivity index (χ3n) is 8.27. The van der Waals surface area contributed by atoms with Crippen LogP contribution in [0, 0.1) is 11.8 Å². The number of rotatable bonds is 5. The molecule has 0 aliphatic heterocycles. The Kier molecular flexibility index (Phi) is 5.75. The van der Waals surface area contributed by atoms with Crippen LogP contribution in [-0.2, 0) is 10.8 Å². The first kappa shape index (κ1) is 25.4. The number of benzene rings is 3. The lowest BCUT2D eigenvalue weighted by Crippen LogP contribution is -2.48. The Hall–Kier alpha value is -2.68. The molecule has 35 heavy (non-hydrogen) atoms. The molecule has 0 spiro atoms. The molecule has 3 aromatic rings. The fraction of sp³-hybridized carbons (Fsp3) is 0.462. The van der Waals surface area contributed by atoms with Crippen molar-refractivity contribution in [3.8, 4) is 0 Å². The fourth-order valence-corrected chi connectivity index (χ4v) is 5.30. The molecule has 0 saturated heterocycles. The maximum absolute atomic E-state index is 14.2. The van der Waals surface area contributed by atoms with E-state index in [2.05, 4.69) is 0 Å². The van der Waals surface area contributed by atoms with Gasteiger partial charge in [-0.3, -0.25) is 0 Å². The van der Waals surface area contributed by atoms with Gasteiger partial charge in [0.1, 0.15) is 0 Å². The number of anilines is 2. The van der Waals surface area contributed by atoms with Crippen molar-refractivity contribution in [3.63, 3.8) is 0 Å². The van der Waals surface area contributed by atoms with E-state index in [-0.39, 0.29) is 29.0 Å². The van der Waals surface area contributed by atoms with E-state index < -0.39 is 35.0 Å². The summed E-state index contributed by atoms with van der Waals surface area (Å²) in [6.07, 6.45) is -8.13. The predicted octanol–water partition coefficient (Wildman–Crippen LogP) is 6.80. The largest absolute Gasteiger partial charge is 0.398 e. The lowest BCUT2D eigenvalue weighted by molar-refractivity contribution is -0.198. The molecular weight excluding hydrogens is 468 g/mol. The summed E-state index contributed by atoms with van der Waals surface area (Å²) in [6.45, 7) is 3.51. The average Bonchev–Trinajstić information content (AvgIpc) is 3.61. The standard InChI is InChI=1S/C26H29F6N3/c1-13(12-33)23(2,25(27,28)29)19-8-4-14-11-18-15(10-17(14)21(19)34)5-9-20(22(18)35)24(3,16-6-7-16)26(30,31)32/h4-5,8-11,13,16H,6-7,12,33-35H2,1-3H3. The van der Waals surface area contributed by atoms with Crippen molar-refractivity contribution in [1.29, 1.82) is 0 Å². The number of nitrogen functional groups attached to an aromatic ring is 2. The van der Waals surface area contributed by atoms with Crippen LogP contribution >= 0.6 is 0 Å². The molecule has 9 heteroatoms. The van der Waals surface area contributed by atoms with Crippen LogP contribution in [0.25, 0.3) is 21.5 Å². The first-order valence-electron chi connectivity index (χ1n) is 11.5. The highest BCUT2D eigenvalue weighted by molar-refractivity contribution is 6.08. The van der Waals surface area contributed by atoms with Crippen LogP contribution in [0.4, 0.5) is 37.7 Å². The monoisotopic (exact) mass is 497 g/mol. The predicted molar refractivity (Wildman–Crippen MR) is 128 cm³/mol. The number of alkyl halides is 6. The zero-order chi connectivity index (χ0) is 26.1. The molecule has 1 fully saturated rings. The zero-order valence-electron chi connectivity index (χ0n) is 19.7. The fourth-order valence-electron chi connectivity index (χ4n) is 5.30. The van der Waals surface area contributed by atoms with Gasteiger partial charge in [-0.2, -0.15) is 26.3 Å². The Labute approximate surface area is 199 Å². The van der Waals surface area contributed by atoms with Crippen molar-refractivity contribution in [2.75, 3.05) is 18.0 Å². The minimum absolute atomic E-state index is 0.0189. The van der Waals surface area contributed by atoms with Crippen LogP contribution in [0.5, 0.6) is 0 Å². The molecule has 0 aromatic heterocycles. The van der Waals surface area contributed by atoms with Gasteiger partial charge in [-0.1, -0.05) is 31.2 Å². The summed E-state index contributed by atoms with van der Waals surface area (Å²) >= 11 is 0. The summed E-state index contributed by atoms with van der Waals surface area (Å²) in [5.41, 5.74) is 13.8. The molecule has 6 N–H and O–H groups in total. The molecule has 3 aromatic carbocycles. The number of fused-ring (bicyclic) bond motifs is 2. The topological polar surface area (TPSA) is 78.1 Å². The Balaban J connectivity index is 1.95. The molecular formula is C26H29F6N3. The van der Waals surface area contributed by atoms with E-state index in [1.165, 1.54) is 38.1 Å². The molecule has 0 heterocycles. The SMILES string of the molecule is CC(CN)C(C)(c1ccc2cc3c(N)c(C(C)(C4CC4)C(F)(F)F)ccc3cc2c1N)C(F)(F)F. The van der Waals surface area contributed by atoms with E-state index in [0.29, 0.717) is 34.4 Å². The van der Waals surface area contributed by atoms with E-state index in [1.807, 2.05) is 0 Å². The average molecular weight is 498 g/mol. The maximum atomic E-state index is 14.2. The normalized spacial score (nSPS) is 19.5. The Morgan fingerprint density at radius 2 is 1.26 bits per heavy atom. The molecule has 3 unspecified atom stereocenters. The van der Waals surface area contributed by atoms with Crippen molar-refractivity contribution in [2.24, 2.45) is 17.6 Å². The number of nitrogens with two attached hydrogens (primary N) is 3. The van der Waals surface area contributed by atoms with Gasteiger partial charge in [-0.15, -0.1) is 0 Å². The Morgan fingerprint density at radius 3 is 1.66 bits per heavy atom. The summed E-state index contributed by atoms with van der Waals surface area (Å²) in [5.74, 6) is -1.48. The first-order chi connectivity index (χ1) is 16.1. The lowest BCUT2D eigenvalue weighted by atomic mass is 9.70. The molecule has 0 radical (unpaired) electrons. The second-order valence-corrected chi connectivity index (χ2v) is 10.2. The second kappa shape index (κ2) is 7.91. The molecule has 1 saturated carbocycles. The molecule has 3 atom stereocenters. The van der Waals surface area contributed by atoms with Gasteiger partial charge in [0, 0.05) is 22.1 Å². The van der Waals surface area contributed by atoms with Crippen molar-refractivity contribution >= 4 is 32.9 Å². The Bertz CT molecular complexity index is 1290. The van der Waals surface area contributed by atoms with Gasteiger partial charge in [-0.25, -0.2) is 0 Å². The van der Waals surface area contributed by atoms with Crippen molar-refractivity contribution < 1.29 is 26.3 Å². The van der Waals surface area contributed by atoms with Crippen molar-refractivity contribution in [2.45, 2.75) is 56.8 Å². The summed E-state index contributed by atoms with van der Waals surface area (Å²) in [5, 5.41) is 1.78. The third kappa shape index (κ3) is 3.61. The second-order valence-electron chi connectivity index (χ2n) is 10.2. The smallest absolute Gasteiger partial charge is 0.398 e. The highest BCUT2D eigenvalue weighted by atomic mass is 19.4. The van der Waals surface area contributed by atoms with E-state index in [1.54, 1.807) is 12.1 Å². The van der Waals surface area contributed by atoms with E-state index in [9.17, 15) is 26.3 Å². The summed E-state index contributed by atoms with van der Waals surface area (Å²) < 4.78 is 85.1. The van der Waals surface area contributed by atoms with Crippen molar-refractivity contribution in [1.82, 2.24) is 0 Å².